The van der Waals surface area contributed by atoms with Crippen molar-refractivity contribution >= 4 is 23.2 Å². The second-order valence-electron chi connectivity index (χ2n) is 10.8. The summed E-state index contributed by atoms with van der Waals surface area (Å²) in [4.78, 5) is 34.4. The van der Waals surface area contributed by atoms with Crippen molar-refractivity contribution in [3.8, 4) is 5.75 Å². The first-order valence-corrected chi connectivity index (χ1v) is 13.6. The lowest BCUT2D eigenvalue weighted by Gasteiger charge is -2.44. The van der Waals surface area contributed by atoms with E-state index in [1.807, 2.05) is 42.5 Å². The number of nitrogens with zero attached hydrogens (tertiary/aromatic N) is 4. The van der Waals surface area contributed by atoms with Crippen LogP contribution < -0.4 is 19.9 Å². The number of aromatic amines is 1. The average Bonchev–Trinajstić information content (AvgIpc) is 3.40. The highest BCUT2D eigenvalue weighted by molar-refractivity contribution is 6.02. The summed E-state index contributed by atoms with van der Waals surface area (Å²) in [6.45, 7) is 3.76. The lowest BCUT2D eigenvalue weighted by Crippen LogP contribution is -2.49. The molecule has 2 fully saturated rings. The Hall–Kier alpha value is -3.92. The molecule has 0 aliphatic carbocycles. The van der Waals surface area contributed by atoms with Crippen molar-refractivity contribution in [3.63, 3.8) is 0 Å². The van der Waals surface area contributed by atoms with E-state index in [1.54, 1.807) is 11.9 Å². The molecule has 204 valence electrons. The first-order valence-electron chi connectivity index (χ1n) is 13.6. The van der Waals surface area contributed by atoms with Crippen LogP contribution in [0.3, 0.4) is 0 Å². The third-order valence-corrected chi connectivity index (χ3v) is 8.34. The second-order valence-corrected chi connectivity index (χ2v) is 10.8. The summed E-state index contributed by atoms with van der Waals surface area (Å²) < 4.78 is 11.7. The zero-order chi connectivity index (χ0) is 26.8. The number of carbonyl (C=O) groups excluding carboxylic acids is 2. The van der Waals surface area contributed by atoms with Crippen LogP contribution in [0.25, 0.3) is 0 Å². The number of aromatic nitrogens is 3. The molecule has 2 N–H and O–H groups in total. The Labute approximate surface area is 227 Å². The van der Waals surface area contributed by atoms with Gasteiger partial charge in [0.15, 0.2) is 0 Å². The first kappa shape index (κ1) is 25.4. The smallest absolute Gasteiger partial charge is 0.291 e. The number of likely N-dealkylation sites (N-methyl/N-ethyl adjacent to an activating group) is 1. The van der Waals surface area contributed by atoms with Crippen LogP contribution in [0, 0.1) is 5.41 Å². The maximum atomic E-state index is 13.2. The van der Waals surface area contributed by atoms with Crippen LogP contribution in [0.5, 0.6) is 5.75 Å². The van der Waals surface area contributed by atoms with Gasteiger partial charge in [-0.3, -0.25) is 14.7 Å². The number of carbonyl (C=O) groups is 2. The molecule has 6 rings (SSSR count). The number of rotatable bonds is 5. The molecule has 3 aliphatic rings. The Morgan fingerprint density at radius 3 is 2.64 bits per heavy atom. The fraction of sp³-hybridized carbons (Fsp3) is 0.448. The number of hydrogen-bond donors (Lipinski definition) is 2. The maximum absolute atomic E-state index is 13.2. The molecule has 1 atom stereocenters. The van der Waals surface area contributed by atoms with Gasteiger partial charge in [-0.1, -0.05) is 30.3 Å². The van der Waals surface area contributed by atoms with Gasteiger partial charge in [0.25, 0.3) is 11.8 Å². The molecular formula is C29H34N6O4. The number of H-pyrrole nitrogens is 1. The van der Waals surface area contributed by atoms with Crippen LogP contribution in [0.15, 0.2) is 48.5 Å². The Morgan fingerprint density at radius 2 is 1.87 bits per heavy atom. The fourth-order valence-electron chi connectivity index (χ4n) is 5.82. The Morgan fingerprint density at radius 1 is 1.10 bits per heavy atom. The molecule has 10 heteroatoms. The van der Waals surface area contributed by atoms with Gasteiger partial charge < -0.3 is 24.6 Å². The third-order valence-electron chi connectivity index (χ3n) is 8.34. The van der Waals surface area contributed by atoms with Crippen molar-refractivity contribution in [1.29, 1.82) is 0 Å². The van der Waals surface area contributed by atoms with Crippen molar-refractivity contribution in [1.82, 2.24) is 20.5 Å². The van der Waals surface area contributed by atoms with E-state index in [2.05, 4.69) is 31.5 Å². The molecule has 2 aromatic carbocycles. The summed E-state index contributed by atoms with van der Waals surface area (Å²) in [6.07, 6.45) is 5.15. The molecule has 0 saturated carbocycles. The third kappa shape index (κ3) is 5.34. The van der Waals surface area contributed by atoms with Crippen molar-refractivity contribution in [2.24, 2.45) is 5.41 Å². The highest BCUT2D eigenvalue weighted by Crippen LogP contribution is 2.42. The Bertz CT molecular complexity index is 1330. The predicted octanol–water partition coefficient (Wildman–Crippen LogP) is 2.95. The summed E-state index contributed by atoms with van der Waals surface area (Å²) in [5.74, 6) is 0.423. The monoisotopic (exact) mass is 530 g/mol. The van der Waals surface area contributed by atoms with Gasteiger partial charge in [0.1, 0.15) is 24.2 Å². The number of fused-ring (bicyclic) bond motifs is 1. The van der Waals surface area contributed by atoms with Crippen molar-refractivity contribution in [2.75, 3.05) is 49.8 Å². The van der Waals surface area contributed by atoms with E-state index < -0.39 is 11.9 Å². The molecule has 1 unspecified atom stereocenters. The van der Waals surface area contributed by atoms with E-state index in [1.165, 1.54) is 0 Å². The number of hydrogen-bond acceptors (Lipinski definition) is 7. The van der Waals surface area contributed by atoms with Crippen LogP contribution in [0.1, 0.15) is 47.7 Å². The fourth-order valence-corrected chi connectivity index (χ4v) is 5.82. The van der Waals surface area contributed by atoms with Gasteiger partial charge in [0.2, 0.25) is 5.82 Å². The molecule has 3 aliphatic heterocycles. The van der Waals surface area contributed by atoms with Crippen molar-refractivity contribution in [3.05, 3.63) is 65.7 Å². The van der Waals surface area contributed by atoms with Crippen LogP contribution in [-0.2, 0) is 16.0 Å². The van der Waals surface area contributed by atoms with Crippen LogP contribution >= 0.6 is 0 Å². The van der Waals surface area contributed by atoms with Gasteiger partial charge in [-0.2, -0.15) is 0 Å². The standard InChI is InChI=1S/C29H34N6O4/c1-34-23-8-7-21(35-13-9-29(10-14-35)11-15-38-16-12-29)18-24(23)39-19-22(28(34)37)30-27(36)26-31-25(32-33-26)17-20-5-3-2-4-6-20/h2-8,18,22H,9-17,19H2,1H3,(H,30,36)(H,31,32,33). The molecule has 2 amide bonds. The molecule has 0 radical (unpaired) electrons. The molecule has 3 aromatic rings. The van der Waals surface area contributed by atoms with Crippen molar-refractivity contribution < 1.29 is 19.1 Å². The Kier molecular flexibility index (Phi) is 6.95. The SMILES string of the molecule is CN1C(=O)C(NC(=O)c2n[nH]c(Cc3ccccc3)n2)COc2cc(N3CCC4(CCOCC4)CC3)ccc21. The number of anilines is 2. The largest absolute Gasteiger partial charge is 0.489 e. The highest BCUT2D eigenvalue weighted by Gasteiger charge is 2.37. The number of benzene rings is 2. The van der Waals surface area contributed by atoms with Gasteiger partial charge in [0.05, 0.1) is 5.69 Å². The quantitative estimate of drug-likeness (QED) is 0.522. The van der Waals surface area contributed by atoms with Gasteiger partial charge >= 0.3 is 0 Å². The van der Waals surface area contributed by atoms with E-state index in [0.717, 1.165) is 63.2 Å². The van der Waals surface area contributed by atoms with Crippen LogP contribution in [-0.4, -0.2) is 73.0 Å². The summed E-state index contributed by atoms with van der Waals surface area (Å²) in [7, 11) is 1.70. The molecule has 1 spiro atoms. The summed E-state index contributed by atoms with van der Waals surface area (Å²) >= 11 is 0. The van der Waals surface area contributed by atoms with Crippen LogP contribution in [0.2, 0.25) is 0 Å². The molecule has 4 heterocycles. The minimum Gasteiger partial charge on any atom is -0.489 e. The summed E-state index contributed by atoms with van der Waals surface area (Å²) in [5.41, 5.74) is 3.24. The number of piperidine rings is 1. The van der Waals surface area contributed by atoms with E-state index >= 15 is 0 Å². The molecular weight excluding hydrogens is 496 g/mol. The topological polar surface area (TPSA) is 113 Å². The minimum absolute atomic E-state index is 0.00664. The van der Waals surface area contributed by atoms with Gasteiger partial charge in [-0.15, -0.1) is 5.10 Å². The summed E-state index contributed by atoms with van der Waals surface area (Å²) in [6, 6.07) is 14.9. The normalized spacial score (nSPS) is 20.7. The van der Waals surface area contributed by atoms with E-state index in [0.29, 0.717) is 29.1 Å². The molecule has 0 bridgehead atoms. The maximum Gasteiger partial charge on any atom is 0.291 e. The molecule has 2 saturated heterocycles. The molecule has 39 heavy (non-hydrogen) atoms. The molecule has 10 nitrogen and oxygen atoms in total. The predicted molar refractivity (Wildman–Crippen MR) is 146 cm³/mol. The number of amides is 2. The van der Waals surface area contributed by atoms with Crippen LogP contribution in [0.4, 0.5) is 11.4 Å². The van der Waals surface area contributed by atoms with Gasteiger partial charge in [-0.25, -0.2) is 4.98 Å². The summed E-state index contributed by atoms with van der Waals surface area (Å²) in [5, 5.41) is 9.63. The number of nitrogens with one attached hydrogen (secondary N) is 2. The van der Waals surface area contributed by atoms with Crippen molar-refractivity contribution in [2.45, 2.75) is 38.1 Å². The average molecular weight is 531 g/mol. The van der Waals surface area contributed by atoms with E-state index in [4.69, 9.17) is 9.47 Å². The number of ether oxygens (including phenoxy) is 2. The van der Waals surface area contributed by atoms with E-state index in [9.17, 15) is 9.59 Å². The Balaban J connectivity index is 1.10. The zero-order valence-electron chi connectivity index (χ0n) is 22.2. The lowest BCUT2D eigenvalue weighted by atomic mass is 9.72. The minimum atomic E-state index is -0.863. The first-order chi connectivity index (χ1) is 19.0. The second kappa shape index (κ2) is 10.7. The van der Waals surface area contributed by atoms with Gasteiger partial charge in [-0.05, 0) is 48.8 Å². The van der Waals surface area contributed by atoms with E-state index in [-0.39, 0.29) is 18.3 Å². The zero-order valence-corrected chi connectivity index (χ0v) is 22.2. The lowest BCUT2D eigenvalue weighted by molar-refractivity contribution is -0.120. The highest BCUT2D eigenvalue weighted by atomic mass is 16.5. The molecule has 1 aromatic heterocycles. The van der Waals surface area contributed by atoms with Gasteiger partial charge in [0, 0.05) is 51.5 Å².